The number of carbonyl (C=O) groups is 3. The summed E-state index contributed by atoms with van der Waals surface area (Å²) in [6, 6.07) is 15.1. The Morgan fingerprint density at radius 3 is 2.44 bits per heavy atom. The zero-order chi connectivity index (χ0) is 18.4. The smallest absolute Gasteiger partial charge is 0.244 e. The number of Topliss-reactive ketones (excluding diaryl/α,β-unsaturated/α-hetero) is 1. The third-order valence-corrected chi connectivity index (χ3v) is 3.52. The number of nitrogens with one attached hydrogen (secondary N) is 1. The third kappa shape index (κ3) is 4.75. The van der Waals surface area contributed by atoms with Gasteiger partial charge in [-0.15, -0.1) is 0 Å². The summed E-state index contributed by atoms with van der Waals surface area (Å²) in [6.07, 6.45) is 0. The standard InChI is InChI=1S/C19H17N3O3/c1-13(23)16-6-4-7-17(10-16)21-19(25)12-22(14(2)24)18-8-3-5-15(9-18)11-20/h3-10H,12H2,1-2H3,(H,21,25). The van der Waals surface area contributed by atoms with Gasteiger partial charge in [0, 0.05) is 23.9 Å². The highest BCUT2D eigenvalue weighted by Gasteiger charge is 2.16. The molecular weight excluding hydrogens is 318 g/mol. The minimum absolute atomic E-state index is 0.102. The van der Waals surface area contributed by atoms with Crippen LogP contribution in [0.25, 0.3) is 0 Å². The zero-order valence-electron chi connectivity index (χ0n) is 13.9. The van der Waals surface area contributed by atoms with Crippen molar-refractivity contribution < 1.29 is 14.4 Å². The molecule has 0 unspecified atom stereocenters. The first-order valence-electron chi connectivity index (χ1n) is 7.60. The van der Waals surface area contributed by atoms with E-state index in [2.05, 4.69) is 5.32 Å². The van der Waals surface area contributed by atoms with Crippen molar-refractivity contribution in [3.05, 3.63) is 59.7 Å². The van der Waals surface area contributed by atoms with Crippen LogP contribution in [0.15, 0.2) is 48.5 Å². The molecule has 0 fully saturated rings. The van der Waals surface area contributed by atoms with Crippen LogP contribution in [0.1, 0.15) is 29.8 Å². The van der Waals surface area contributed by atoms with E-state index in [1.165, 1.54) is 18.7 Å². The van der Waals surface area contributed by atoms with Gasteiger partial charge in [-0.25, -0.2) is 0 Å². The summed E-state index contributed by atoms with van der Waals surface area (Å²) in [7, 11) is 0. The van der Waals surface area contributed by atoms with Gasteiger partial charge >= 0.3 is 0 Å². The summed E-state index contributed by atoms with van der Waals surface area (Å²) in [5.41, 5.74) is 1.84. The van der Waals surface area contributed by atoms with Gasteiger partial charge in [0.15, 0.2) is 5.78 Å². The number of nitriles is 1. The minimum Gasteiger partial charge on any atom is -0.325 e. The van der Waals surface area contributed by atoms with Crippen molar-refractivity contribution in [2.45, 2.75) is 13.8 Å². The predicted octanol–water partition coefficient (Wildman–Crippen LogP) is 2.75. The third-order valence-electron chi connectivity index (χ3n) is 3.52. The molecule has 0 saturated carbocycles. The topological polar surface area (TPSA) is 90.3 Å². The molecule has 25 heavy (non-hydrogen) atoms. The molecule has 2 amide bonds. The molecule has 0 atom stereocenters. The number of anilines is 2. The first kappa shape index (κ1) is 17.9. The number of hydrogen-bond acceptors (Lipinski definition) is 4. The van der Waals surface area contributed by atoms with Crippen LogP contribution in [0.3, 0.4) is 0 Å². The second-order valence-corrected chi connectivity index (χ2v) is 5.45. The number of amides is 2. The second kappa shape index (κ2) is 7.88. The SMILES string of the molecule is CC(=O)c1cccc(NC(=O)CN(C(C)=O)c2cccc(C#N)c2)c1. The molecule has 2 aromatic carbocycles. The van der Waals surface area contributed by atoms with Gasteiger partial charge in [0.25, 0.3) is 0 Å². The van der Waals surface area contributed by atoms with Crippen molar-refractivity contribution in [1.82, 2.24) is 0 Å². The Labute approximate surface area is 145 Å². The molecular formula is C19H17N3O3. The fourth-order valence-corrected chi connectivity index (χ4v) is 2.29. The highest BCUT2D eigenvalue weighted by Crippen LogP contribution is 2.17. The summed E-state index contributed by atoms with van der Waals surface area (Å²) in [4.78, 5) is 36.9. The maximum Gasteiger partial charge on any atom is 0.244 e. The molecule has 0 heterocycles. The number of hydrogen-bond donors (Lipinski definition) is 1. The average molecular weight is 335 g/mol. The Hall–Kier alpha value is -3.46. The van der Waals surface area contributed by atoms with Crippen LogP contribution in [-0.4, -0.2) is 24.1 Å². The van der Waals surface area contributed by atoms with E-state index >= 15 is 0 Å². The number of carbonyl (C=O) groups excluding carboxylic acids is 3. The zero-order valence-corrected chi connectivity index (χ0v) is 13.9. The van der Waals surface area contributed by atoms with Gasteiger partial charge in [0.05, 0.1) is 11.6 Å². The van der Waals surface area contributed by atoms with E-state index in [0.717, 1.165) is 0 Å². The molecule has 0 aliphatic carbocycles. The molecule has 0 aromatic heterocycles. The number of ketones is 1. The first-order chi connectivity index (χ1) is 11.9. The molecule has 2 aromatic rings. The van der Waals surface area contributed by atoms with Gasteiger partial charge in [-0.05, 0) is 37.3 Å². The Bertz CT molecular complexity index is 868. The fraction of sp³-hybridized carbons (Fsp3) is 0.158. The lowest BCUT2D eigenvalue weighted by Crippen LogP contribution is -2.36. The van der Waals surface area contributed by atoms with Crippen molar-refractivity contribution in [3.63, 3.8) is 0 Å². The van der Waals surface area contributed by atoms with E-state index in [1.54, 1.807) is 48.5 Å². The summed E-state index contributed by atoms with van der Waals surface area (Å²) < 4.78 is 0. The molecule has 0 saturated heterocycles. The largest absolute Gasteiger partial charge is 0.325 e. The van der Waals surface area contributed by atoms with Crippen LogP contribution in [0.4, 0.5) is 11.4 Å². The Morgan fingerprint density at radius 1 is 1.08 bits per heavy atom. The lowest BCUT2D eigenvalue weighted by atomic mass is 10.1. The maximum atomic E-state index is 12.3. The van der Waals surface area contributed by atoms with Crippen molar-refractivity contribution in [3.8, 4) is 6.07 Å². The van der Waals surface area contributed by atoms with Crippen LogP contribution < -0.4 is 10.2 Å². The van der Waals surface area contributed by atoms with E-state index in [1.807, 2.05) is 6.07 Å². The van der Waals surface area contributed by atoms with Crippen molar-refractivity contribution in [2.75, 3.05) is 16.8 Å². The summed E-state index contributed by atoms with van der Waals surface area (Å²) in [6.45, 7) is 2.60. The van der Waals surface area contributed by atoms with Crippen LogP contribution in [-0.2, 0) is 9.59 Å². The molecule has 2 rings (SSSR count). The Balaban J connectivity index is 2.15. The number of rotatable bonds is 5. The van der Waals surface area contributed by atoms with Gasteiger partial charge in [0.1, 0.15) is 6.54 Å². The monoisotopic (exact) mass is 335 g/mol. The van der Waals surface area contributed by atoms with E-state index in [0.29, 0.717) is 22.5 Å². The van der Waals surface area contributed by atoms with Gasteiger partial charge in [-0.2, -0.15) is 5.26 Å². The van der Waals surface area contributed by atoms with Crippen molar-refractivity contribution in [2.24, 2.45) is 0 Å². The lowest BCUT2D eigenvalue weighted by molar-refractivity contribution is -0.120. The fourth-order valence-electron chi connectivity index (χ4n) is 2.29. The van der Waals surface area contributed by atoms with E-state index in [9.17, 15) is 14.4 Å². The molecule has 0 radical (unpaired) electrons. The van der Waals surface area contributed by atoms with E-state index < -0.39 is 5.91 Å². The number of nitrogens with zero attached hydrogens (tertiary/aromatic N) is 2. The van der Waals surface area contributed by atoms with Gasteiger partial charge < -0.3 is 10.2 Å². The van der Waals surface area contributed by atoms with Crippen LogP contribution in [0, 0.1) is 11.3 Å². The molecule has 6 heteroatoms. The van der Waals surface area contributed by atoms with Crippen molar-refractivity contribution in [1.29, 1.82) is 5.26 Å². The molecule has 0 spiro atoms. The molecule has 0 bridgehead atoms. The van der Waals surface area contributed by atoms with Crippen molar-refractivity contribution >= 4 is 29.0 Å². The van der Waals surface area contributed by atoms with E-state index in [4.69, 9.17) is 5.26 Å². The Kier molecular flexibility index (Phi) is 5.64. The quantitative estimate of drug-likeness (QED) is 0.851. The summed E-state index contributed by atoms with van der Waals surface area (Å²) >= 11 is 0. The van der Waals surface area contributed by atoms with Gasteiger partial charge in [0.2, 0.25) is 11.8 Å². The highest BCUT2D eigenvalue weighted by molar-refractivity contribution is 6.02. The Morgan fingerprint density at radius 2 is 1.80 bits per heavy atom. The first-order valence-corrected chi connectivity index (χ1v) is 7.60. The maximum absolute atomic E-state index is 12.3. The molecule has 0 aliphatic heterocycles. The predicted molar refractivity (Wildman–Crippen MR) is 94.3 cm³/mol. The molecule has 126 valence electrons. The van der Waals surface area contributed by atoms with Crippen LogP contribution in [0.2, 0.25) is 0 Å². The van der Waals surface area contributed by atoms with Gasteiger partial charge in [-0.1, -0.05) is 18.2 Å². The minimum atomic E-state index is -0.404. The highest BCUT2D eigenvalue weighted by atomic mass is 16.2. The summed E-state index contributed by atoms with van der Waals surface area (Å²) in [5.74, 6) is -0.823. The lowest BCUT2D eigenvalue weighted by Gasteiger charge is -2.21. The van der Waals surface area contributed by atoms with E-state index in [-0.39, 0.29) is 18.2 Å². The molecule has 1 N–H and O–H groups in total. The summed E-state index contributed by atoms with van der Waals surface area (Å²) in [5, 5.41) is 11.6. The van der Waals surface area contributed by atoms with Crippen LogP contribution in [0.5, 0.6) is 0 Å². The van der Waals surface area contributed by atoms with Crippen LogP contribution >= 0.6 is 0 Å². The normalized spacial score (nSPS) is 9.80. The number of benzene rings is 2. The average Bonchev–Trinajstić information content (AvgIpc) is 2.59. The molecule has 6 nitrogen and oxygen atoms in total. The van der Waals surface area contributed by atoms with Gasteiger partial charge in [-0.3, -0.25) is 14.4 Å². The molecule has 0 aliphatic rings. The second-order valence-electron chi connectivity index (χ2n) is 5.45.